The zero-order chi connectivity index (χ0) is 24.4. The summed E-state index contributed by atoms with van der Waals surface area (Å²) >= 11 is 12.9. The molecule has 0 saturated carbocycles. The number of aromatic amines is 1. The Bertz CT molecular complexity index is 1300. The second-order valence-electron chi connectivity index (χ2n) is 7.40. The Kier molecular flexibility index (Phi) is 6.92. The highest BCUT2D eigenvalue weighted by Crippen LogP contribution is 2.45. The van der Waals surface area contributed by atoms with Gasteiger partial charge in [0.25, 0.3) is 5.56 Å². The fourth-order valence-corrected chi connectivity index (χ4v) is 4.32. The van der Waals surface area contributed by atoms with Crippen molar-refractivity contribution in [3.63, 3.8) is 0 Å². The molecule has 1 amide bonds. The maximum Gasteiger partial charge on any atom is 0.257 e. The van der Waals surface area contributed by atoms with E-state index in [4.69, 9.17) is 37.4 Å². The highest BCUT2D eigenvalue weighted by atomic mass is 35.5. The van der Waals surface area contributed by atoms with Gasteiger partial charge in [0.15, 0.2) is 0 Å². The molecule has 1 aromatic carbocycles. The maximum absolute atomic E-state index is 13.0. The monoisotopic (exact) mass is 505 g/mol. The van der Waals surface area contributed by atoms with Gasteiger partial charge >= 0.3 is 0 Å². The number of hydrogen-bond donors (Lipinski definition) is 3. The highest BCUT2D eigenvalue weighted by molar-refractivity contribution is 6.41. The number of benzene rings is 1. The Hall–Kier alpha value is -3.34. The Labute approximate surface area is 204 Å². The molecule has 10 nitrogen and oxygen atoms in total. The second-order valence-corrected chi connectivity index (χ2v) is 8.16. The third-order valence-electron chi connectivity index (χ3n) is 5.34. The zero-order valence-corrected chi connectivity index (χ0v) is 19.8. The summed E-state index contributed by atoms with van der Waals surface area (Å²) in [5.74, 6) is 0.587. The van der Waals surface area contributed by atoms with Crippen molar-refractivity contribution in [3.8, 4) is 22.6 Å². The molecule has 3 heterocycles. The number of carbonyl (C=O) groups excluding carboxylic acids is 1. The zero-order valence-electron chi connectivity index (χ0n) is 18.3. The molecular formula is C22H21Cl2N5O5. The van der Waals surface area contributed by atoms with Crippen molar-refractivity contribution in [2.75, 3.05) is 32.8 Å². The smallest absolute Gasteiger partial charge is 0.257 e. The average molecular weight is 506 g/mol. The number of anilines is 1. The molecule has 34 heavy (non-hydrogen) atoms. The van der Waals surface area contributed by atoms with Gasteiger partial charge < -0.3 is 29.8 Å². The van der Waals surface area contributed by atoms with Crippen LogP contribution in [0.4, 0.5) is 5.95 Å². The number of aromatic nitrogens is 3. The predicted molar refractivity (Wildman–Crippen MR) is 129 cm³/mol. The van der Waals surface area contributed by atoms with Crippen LogP contribution >= 0.6 is 23.2 Å². The number of ether oxygens (including phenoxy) is 3. The van der Waals surface area contributed by atoms with Crippen LogP contribution in [0.1, 0.15) is 0 Å². The van der Waals surface area contributed by atoms with E-state index < -0.39 is 5.56 Å². The van der Waals surface area contributed by atoms with Gasteiger partial charge in [0.05, 0.1) is 55.1 Å². The topological polar surface area (TPSA) is 127 Å². The lowest BCUT2D eigenvalue weighted by atomic mass is 10.0. The van der Waals surface area contributed by atoms with E-state index in [0.29, 0.717) is 35.7 Å². The summed E-state index contributed by atoms with van der Waals surface area (Å²) in [6, 6.07) is 2.60. The lowest BCUT2D eigenvalue weighted by Gasteiger charge is -2.19. The minimum absolute atomic E-state index is 0.172. The lowest BCUT2D eigenvalue weighted by Crippen LogP contribution is -2.45. The largest absolute Gasteiger partial charge is 0.495 e. The van der Waals surface area contributed by atoms with Gasteiger partial charge in [0.1, 0.15) is 17.1 Å². The van der Waals surface area contributed by atoms with E-state index in [0.717, 1.165) is 0 Å². The first-order chi connectivity index (χ1) is 16.4. The van der Waals surface area contributed by atoms with E-state index in [1.54, 1.807) is 18.3 Å². The number of H-pyrrole nitrogens is 1. The maximum atomic E-state index is 13.0. The van der Waals surface area contributed by atoms with Gasteiger partial charge in [-0.15, -0.1) is 0 Å². The van der Waals surface area contributed by atoms with Crippen molar-refractivity contribution >= 4 is 46.1 Å². The second kappa shape index (κ2) is 9.88. The van der Waals surface area contributed by atoms with E-state index >= 15 is 0 Å². The van der Waals surface area contributed by atoms with Crippen LogP contribution in [0.3, 0.4) is 0 Å². The number of hydrogen-bond acceptors (Lipinski definition) is 8. The molecule has 1 fully saturated rings. The van der Waals surface area contributed by atoms with Crippen LogP contribution in [-0.4, -0.2) is 60.4 Å². The Balaban J connectivity index is 1.69. The highest BCUT2D eigenvalue weighted by Gasteiger charge is 2.30. The van der Waals surface area contributed by atoms with E-state index in [-0.39, 0.29) is 45.1 Å². The van der Waals surface area contributed by atoms with Crippen molar-refractivity contribution in [1.29, 1.82) is 0 Å². The van der Waals surface area contributed by atoms with Crippen molar-refractivity contribution in [2.24, 2.45) is 0 Å². The Morgan fingerprint density at radius 3 is 2.53 bits per heavy atom. The molecule has 1 saturated heterocycles. The molecule has 0 radical (unpaired) electrons. The predicted octanol–water partition coefficient (Wildman–Crippen LogP) is 2.79. The minimum Gasteiger partial charge on any atom is -0.495 e. The van der Waals surface area contributed by atoms with Crippen molar-refractivity contribution in [2.45, 2.75) is 12.1 Å². The molecular weight excluding hydrogens is 485 g/mol. The van der Waals surface area contributed by atoms with Crippen LogP contribution in [0, 0.1) is 0 Å². The molecule has 4 rings (SSSR count). The average Bonchev–Trinajstić information content (AvgIpc) is 3.25. The third-order valence-corrected chi connectivity index (χ3v) is 6.10. The van der Waals surface area contributed by atoms with Crippen LogP contribution in [0.2, 0.25) is 10.0 Å². The molecule has 0 aliphatic carbocycles. The van der Waals surface area contributed by atoms with E-state index in [9.17, 15) is 9.59 Å². The fraction of sp³-hybridized carbons (Fsp3) is 0.273. The molecule has 2 atom stereocenters. The van der Waals surface area contributed by atoms with Crippen LogP contribution in [0.15, 0.2) is 35.8 Å². The molecule has 2 aromatic heterocycles. The first kappa shape index (κ1) is 23.8. The van der Waals surface area contributed by atoms with Gasteiger partial charge in [-0.3, -0.25) is 9.59 Å². The van der Waals surface area contributed by atoms with Gasteiger partial charge in [-0.05, 0) is 12.1 Å². The first-order valence-electron chi connectivity index (χ1n) is 10.1. The number of fused-ring (bicyclic) bond motifs is 1. The normalized spacial score (nSPS) is 17.4. The van der Waals surface area contributed by atoms with Crippen molar-refractivity contribution in [3.05, 3.63) is 51.4 Å². The van der Waals surface area contributed by atoms with Crippen molar-refractivity contribution in [1.82, 2.24) is 20.3 Å². The fourth-order valence-electron chi connectivity index (χ4n) is 3.62. The number of carbonyl (C=O) groups is 1. The number of nitrogens with one attached hydrogen (secondary N) is 3. The van der Waals surface area contributed by atoms with Crippen LogP contribution in [-0.2, 0) is 9.53 Å². The number of pyridine rings is 1. The SMILES string of the molecule is C=CC(=O)N[C@H]1COC[C@H]1Nc1ncc2cc(-c3c(Cl)c(OC)cc(OC)c3Cl)c(=O)[nH]c2n1. The molecule has 1 aliphatic heterocycles. The summed E-state index contributed by atoms with van der Waals surface area (Å²) < 4.78 is 16.0. The van der Waals surface area contributed by atoms with Crippen LogP contribution < -0.4 is 25.7 Å². The molecule has 1 aliphatic rings. The van der Waals surface area contributed by atoms with Gasteiger partial charge in [0.2, 0.25) is 11.9 Å². The molecule has 0 unspecified atom stereocenters. The van der Waals surface area contributed by atoms with Gasteiger partial charge in [-0.2, -0.15) is 4.98 Å². The van der Waals surface area contributed by atoms with E-state index in [1.807, 2.05) is 0 Å². The summed E-state index contributed by atoms with van der Waals surface area (Å²) in [6.45, 7) is 4.15. The minimum atomic E-state index is -0.462. The van der Waals surface area contributed by atoms with Crippen molar-refractivity contribution < 1.29 is 19.0 Å². The van der Waals surface area contributed by atoms with Gasteiger partial charge in [-0.1, -0.05) is 29.8 Å². The van der Waals surface area contributed by atoms with Gasteiger partial charge in [0, 0.05) is 23.2 Å². The molecule has 178 valence electrons. The summed E-state index contributed by atoms with van der Waals surface area (Å²) in [4.78, 5) is 36.1. The quantitative estimate of drug-likeness (QED) is 0.418. The molecule has 0 bridgehead atoms. The summed E-state index contributed by atoms with van der Waals surface area (Å²) in [5, 5.41) is 6.82. The van der Waals surface area contributed by atoms with E-state index in [1.165, 1.54) is 20.3 Å². The third kappa shape index (κ3) is 4.52. The standard InChI is InChI=1S/C22H21Cl2N5O5/c1-4-16(30)26-12-8-34-9-13(12)27-22-25-7-10-5-11(21(31)28-20(10)29-22)17-18(23)14(32-2)6-15(33-3)19(17)24/h4-7,12-13H,1,8-9H2,2-3H3,(H,26,30)(H2,25,27,28,29,31)/t12-,13+/m0/s1. The Morgan fingerprint density at radius 2 is 1.88 bits per heavy atom. The summed E-state index contributed by atoms with van der Waals surface area (Å²) in [6.07, 6.45) is 2.75. The first-order valence-corrected chi connectivity index (χ1v) is 10.9. The van der Waals surface area contributed by atoms with Crippen LogP contribution in [0.25, 0.3) is 22.2 Å². The Morgan fingerprint density at radius 1 is 1.21 bits per heavy atom. The van der Waals surface area contributed by atoms with E-state index in [2.05, 4.69) is 32.2 Å². The van der Waals surface area contributed by atoms with Gasteiger partial charge in [-0.25, -0.2) is 4.98 Å². The number of methoxy groups -OCH3 is 2. The molecule has 12 heteroatoms. The molecule has 3 aromatic rings. The molecule has 3 N–H and O–H groups in total. The summed E-state index contributed by atoms with van der Waals surface area (Å²) in [7, 11) is 2.90. The number of rotatable bonds is 7. The number of halogens is 2. The number of nitrogens with zero attached hydrogens (tertiary/aromatic N) is 2. The van der Waals surface area contributed by atoms with Crippen LogP contribution in [0.5, 0.6) is 11.5 Å². The summed E-state index contributed by atoms with van der Waals surface area (Å²) in [5.41, 5.74) is 0.324. The lowest BCUT2D eigenvalue weighted by molar-refractivity contribution is -0.117. The number of amides is 1. The molecule has 0 spiro atoms.